The van der Waals surface area contributed by atoms with Crippen molar-refractivity contribution >= 4 is 15.7 Å². The predicted molar refractivity (Wildman–Crippen MR) is 86.1 cm³/mol. The van der Waals surface area contributed by atoms with Gasteiger partial charge >= 0.3 is 0 Å². The average Bonchev–Trinajstić information content (AvgIpc) is 2.49. The van der Waals surface area contributed by atoms with Crippen LogP contribution < -0.4 is 0 Å². The number of sulfone groups is 1. The Morgan fingerprint density at radius 1 is 1.04 bits per heavy atom. The second kappa shape index (κ2) is 6.91. The fraction of sp³-hybridized carbons (Fsp3) is 0.235. The number of hydrogen-bond acceptors (Lipinski definition) is 3. The van der Waals surface area contributed by atoms with Gasteiger partial charge in [0, 0.05) is 13.6 Å². The number of hydrogen-bond donors (Lipinski definition) is 0. The van der Waals surface area contributed by atoms with E-state index in [4.69, 9.17) is 0 Å². The molecule has 0 atom stereocenters. The van der Waals surface area contributed by atoms with E-state index in [9.17, 15) is 17.6 Å². The van der Waals surface area contributed by atoms with Crippen molar-refractivity contribution in [3.63, 3.8) is 0 Å². The van der Waals surface area contributed by atoms with Gasteiger partial charge < -0.3 is 4.90 Å². The van der Waals surface area contributed by atoms with Gasteiger partial charge in [0.2, 0.25) is 5.91 Å². The van der Waals surface area contributed by atoms with Gasteiger partial charge in [0.1, 0.15) is 11.6 Å². The molecule has 0 aliphatic carbocycles. The minimum absolute atomic E-state index is 0.131. The highest BCUT2D eigenvalue weighted by atomic mass is 32.2. The lowest BCUT2D eigenvalue weighted by Gasteiger charge is -2.17. The monoisotopic (exact) mass is 335 g/mol. The SMILES string of the molecule is Cc1ccc(S(=O)(=O)CC(=O)N(C)Cc2ccc(F)cc2)cc1. The van der Waals surface area contributed by atoms with Crippen molar-refractivity contribution in [1.29, 1.82) is 0 Å². The summed E-state index contributed by atoms with van der Waals surface area (Å²) >= 11 is 0. The summed E-state index contributed by atoms with van der Waals surface area (Å²) in [5, 5.41) is 0. The molecule has 0 aromatic heterocycles. The van der Waals surface area contributed by atoms with Crippen LogP contribution in [0, 0.1) is 12.7 Å². The molecule has 0 bridgehead atoms. The van der Waals surface area contributed by atoms with E-state index in [2.05, 4.69) is 0 Å². The zero-order valence-corrected chi connectivity index (χ0v) is 13.8. The fourth-order valence-electron chi connectivity index (χ4n) is 2.05. The standard InChI is InChI=1S/C17H18FNO3S/c1-13-3-9-16(10-4-13)23(21,22)12-17(20)19(2)11-14-5-7-15(18)8-6-14/h3-10H,11-12H2,1-2H3. The topological polar surface area (TPSA) is 54.5 Å². The molecule has 4 nitrogen and oxygen atoms in total. The Bertz CT molecular complexity index is 784. The van der Waals surface area contributed by atoms with Gasteiger partial charge in [0.05, 0.1) is 4.90 Å². The number of aryl methyl sites for hydroxylation is 1. The van der Waals surface area contributed by atoms with Gasteiger partial charge in [-0.25, -0.2) is 12.8 Å². The lowest BCUT2D eigenvalue weighted by Crippen LogP contribution is -2.32. The number of carbonyl (C=O) groups excluding carboxylic acids is 1. The van der Waals surface area contributed by atoms with Gasteiger partial charge in [-0.15, -0.1) is 0 Å². The molecule has 122 valence electrons. The molecule has 1 amide bonds. The first-order chi connectivity index (χ1) is 10.8. The van der Waals surface area contributed by atoms with Crippen LogP contribution in [0.3, 0.4) is 0 Å². The summed E-state index contributed by atoms with van der Waals surface area (Å²) in [5.41, 5.74) is 1.68. The summed E-state index contributed by atoms with van der Waals surface area (Å²) in [6.45, 7) is 2.08. The molecule has 0 aliphatic rings. The molecule has 0 saturated heterocycles. The first-order valence-electron chi connectivity index (χ1n) is 7.06. The number of nitrogens with zero attached hydrogens (tertiary/aromatic N) is 1. The maximum absolute atomic E-state index is 12.9. The van der Waals surface area contributed by atoms with Crippen molar-refractivity contribution in [2.24, 2.45) is 0 Å². The molecule has 0 heterocycles. The van der Waals surface area contributed by atoms with Crippen molar-refractivity contribution in [2.75, 3.05) is 12.8 Å². The van der Waals surface area contributed by atoms with Crippen LogP contribution in [0.25, 0.3) is 0 Å². The first-order valence-corrected chi connectivity index (χ1v) is 8.71. The van der Waals surface area contributed by atoms with E-state index in [1.54, 1.807) is 24.3 Å². The van der Waals surface area contributed by atoms with Crippen molar-refractivity contribution < 1.29 is 17.6 Å². The summed E-state index contributed by atoms with van der Waals surface area (Å²) < 4.78 is 37.4. The summed E-state index contributed by atoms with van der Waals surface area (Å²) in [7, 11) is -2.15. The number of amides is 1. The van der Waals surface area contributed by atoms with E-state index in [1.807, 2.05) is 6.92 Å². The summed E-state index contributed by atoms with van der Waals surface area (Å²) in [5.74, 6) is -1.45. The number of benzene rings is 2. The zero-order valence-electron chi connectivity index (χ0n) is 13.0. The van der Waals surface area contributed by atoms with Crippen LogP contribution in [-0.4, -0.2) is 32.0 Å². The maximum atomic E-state index is 12.9. The van der Waals surface area contributed by atoms with Crippen molar-refractivity contribution in [2.45, 2.75) is 18.4 Å². The molecule has 0 aliphatic heterocycles. The quantitative estimate of drug-likeness (QED) is 0.844. The molecule has 0 unspecified atom stereocenters. The van der Waals surface area contributed by atoms with Crippen molar-refractivity contribution in [3.05, 3.63) is 65.5 Å². The Balaban J connectivity index is 2.05. The van der Waals surface area contributed by atoms with Crippen LogP contribution in [0.15, 0.2) is 53.4 Å². The Kier molecular flexibility index (Phi) is 5.15. The molecule has 6 heteroatoms. The highest BCUT2D eigenvalue weighted by Crippen LogP contribution is 2.13. The second-order valence-corrected chi connectivity index (χ2v) is 7.44. The van der Waals surface area contributed by atoms with Crippen LogP contribution in [0.5, 0.6) is 0 Å². The summed E-state index contributed by atoms with van der Waals surface area (Å²) in [4.78, 5) is 13.6. The van der Waals surface area contributed by atoms with Crippen LogP contribution in [0.1, 0.15) is 11.1 Å². The van der Waals surface area contributed by atoms with Crippen LogP contribution in [-0.2, 0) is 21.2 Å². The van der Waals surface area contributed by atoms with E-state index in [-0.39, 0.29) is 17.3 Å². The van der Waals surface area contributed by atoms with E-state index in [0.29, 0.717) is 0 Å². The van der Waals surface area contributed by atoms with Gasteiger partial charge in [-0.1, -0.05) is 29.8 Å². The molecular formula is C17H18FNO3S. The Morgan fingerprint density at radius 2 is 1.61 bits per heavy atom. The molecule has 2 aromatic carbocycles. The highest BCUT2D eigenvalue weighted by molar-refractivity contribution is 7.92. The van der Waals surface area contributed by atoms with Crippen LogP contribution in [0.4, 0.5) is 4.39 Å². The fourth-order valence-corrected chi connectivity index (χ4v) is 3.32. The third-order valence-corrected chi connectivity index (χ3v) is 5.07. The molecule has 23 heavy (non-hydrogen) atoms. The van der Waals surface area contributed by atoms with Gasteiger partial charge in [-0.2, -0.15) is 0 Å². The van der Waals surface area contributed by atoms with E-state index in [1.165, 1.54) is 36.2 Å². The maximum Gasteiger partial charge on any atom is 0.238 e. The minimum atomic E-state index is -3.67. The van der Waals surface area contributed by atoms with E-state index < -0.39 is 21.5 Å². The predicted octanol–water partition coefficient (Wildman–Crippen LogP) is 2.57. The third-order valence-electron chi connectivity index (χ3n) is 3.45. The minimum Gasteiger partial charge on any atom is -0.341 e. The number of carbonyl (C=O) groups is 1. The third kappa shape index (κ3) is 4.63. The average molecular weight is 335 g/mol. The Labute approximate surface area is 135 Å². The highest BCUT2D eigenvalue weighted by Gasteiger charge is 2.21. The molecule has 0 N–H and O–H groups in total. The van der Waals surface area contributed by atoms with E-state index >= 15 is 0 Å². The largest absolute Gasteiger partial charge is 0.341 e. The molecule has 0 spiro atoms. The number of halogens is 1. The molecule has 0 fully saturated rings. The van der Waals surface area contributed by atoms with Crippen LogP contribution in [0.2, 0.25) is 0 Å². The summed E-state index contributed by atoms with van der Waals surface area (Å²) in [6, 6.07) is 12.1. The molecule has 2 aromatic rings. The Hall–Kier alpha value is -2.21. The number of rotatable bonds is 5. The van der Waals surface area contributed by atoms with Gasteiger partial charge in [-0.05, 0) is 36.8 Å². The Morgan fingerprint density at radius 3 is 2.17 bits per heavy atom. The van der Waals surface area contributed by atoms with Gasteiger partial charge in [-0.3, -0.25) is 4.79 Å². The second-order valence-electron chi connectivity index (χ2n) is 5.45. The lowest BCUT2D eigenvalue weighted by molar-refractivity contribution is -0.127. The zero-order chi connectivity index (χ0) is 17.0. The van der Waals surface area contributed by atoms with Gasteiger partial charge in [0.25, 0.3) is 0 Å². The van der Waals surface area contributed by atoms with Crippen molar-refractivity contribution in [3.8, 4) is 0 Å². The van der Waals surface area contributed by atoms with E-state index in [0.717, 1.165) is 11.1 Å². The molecule has 0 radical (unpaired) electrons. The van der Waals surface area contributed by atoms with Gasteiger partial charge in [0.15, 0.2) is 9.84 Å². The normalized spacial score (nSPS) is 11.3. The molecular weight excluding hydrogens is 317 g/mol. The molecule has 0 saturated carbocycles. The molecule has 2 rings (SSSR count). The summed E-state index contributed by atoms with van der Waals surface area (Å²) in [6.07, 6.45) is 0. The smallest absolute Gasteiger partial charge is 0.238 e. The van der Waals surface area contributed by atoms with Crippen molar-refractivity contribution in [1.82, 2.24) is 4.90 Å². The lowest BCUT2D eigenvalue weighted by atomic mass is 10.2. The first kappa shape index (κ1) is 17.1. The van der Waals surface area contributed by atoms with Crippen LogP contribution >= 0.6 is 0 Å².